The molecule has 8 heteroatoms. The second-order valence-electron chi connectivity index (χ2n) is 6.56. The number of halogens is 1. The number of benzene rings is 2. The number of rotatable bonds is 11. The summed E-state index contributed by atoms with van der Waals surface area (Å²) in [6.07, 6.45) is 1.81. The molecule has 0 saturated carbocycles. The lowest BCUT2D eigenvalue weighted by atomic mass is 10.1. The highest BCUT2D eigenvalue weighted by atomic mass is 127. The molecule has 2 aromatic carbocycles. The van der Waals surface area contributed by atoms with Gasteiger partial charge in [-0.25, -0.2) is 4.99 Å². The van der Waals surface area contributed by atoms with Crippen molar-refractivity contribution in [1.29, 1.82) is 0 Å². The molecular formula is C23H33IN4O3. The van der Waals surface area contributed by atoms with Crippen LogP contribution in [0, 0.1) is 0 Å². The number of hydrogen-bond donors (Lipinski definition) is 3. The maximum Gasteiger partial charge on any atom is 0.246 e. The second kappa shape index (κ2) is 15.3. The third-order valence-electron chi connectivity index (χ3n) is 4.25. The van der Waals surface area contributed by atoms with Gasteiger partial charge < -0.3 is 25.4 Å². The van der Waals surface area contributed by atoms with E-state index in [2.05, 4.69) is 27.0 Å². The highest BCUT2D eigenvalue weighted by Crippen LogP contribution is 2.28. The van der Waals surface area contributed by atoms with Crippen LogP contribution in [0.3, 0.4) is 0 Å². The Balaban J connectivity index is 0.00000480. The van der Waals surface area contributed by atoms with Crippen molar-refractivity contribution in [2.24, 2.45) is 4.99 Å². The second-order valence-corrected chi connectivity index (χ2v) is 6.56. The normalized spacial score (nSPS) is 10.6. The number of para-hydroxylation sites is 1. The molecule has 0 radical (unpaired) electrons. The van der Waals surface area contributed by atoms with Crippen molar-refractivity contribution in [3.05, 3.63) is 54.1 Å². The molecule has 0 unspecified atom stereocenters. The molecule has 2 aromatic rings. The quantitative estimate of drug-likeness (QED) is 0.175. The van der Waals surface area contributed by atoms with Gasteiger partial charge in [-0.2, -0.15) is 0 Å². The molecule has 3 N–H and O–H groups in total. The van der Waals surface area contributed by atoms with E-state index in [0.717, 1.165) is 43.1 Å². The first-order valence-corrected chi connectivity index (χ1v) is 10.3. The maximum atomic E-state index is 12.1. The molecule has 0 spiro atoms. The van der Waals surface area contributed by atoms with E-state index in [0.29, 0.717) is 12.6 Å². The lowest BCUT2D eigenvalue weighted by Crippen LogP contribution is -2.38. The predicted molar refractivity (Wildman–Crippen MR) is 137 cm³/mol. The fourth-order valence-electron chi connectivity index (χ4n) is 2.86. The number of aliphatic imine (C=N–C) groups is 1. The fraction of sp³-hybridized carbons (Fsp3) is 0.391. The zero-order valence-corrected chi connectivity index (χ0v) is 20.8. The molecule has 31 heavy (non-hydrogen) atoms. The van der Waals surface area contributed by atoms with Gasteiger partial charge in [0, 0.05) is 18.8 Å². The summed E-state index contributed by atoms with van der Waals surface area (Å²) >= 11 is 0. The van der Waals surface area contributed by atoms with Crippen molar-refractivity contribution < 1.29 is 14.3 Å². The van der Waals surface area contributed by atoms with Gasteiger partial charge in [0.25, 0.3) is 0 Å². The number of nitrogens with zero attached hydrogens (tertiary/aromatic N) is 1. The Bertz CT molecular complexity index is 816. The van der Waals surface area contributed by atoms with Gasteiger partial charge in [-0.3, -0.25) is 4.79 Å². The third-order valence-corrected chi connectivity index (χ3v) is 4.25. The highest BCUT2D eigenvalue weighted by molar-refractivity contribution is 14.0. The summed E-state index contributed by atoms with van der Waals surface area (Å²) in [6.45, 7) is 6.07. The van der Waals surface area contributed by atoms with Crippen LogP contribution in [-0.4, -0.2) is 45.2 Å². The Morgan fingerprint density at radius 1 is 1.03 bits per heavy atom. The first kappa shape index (κ1) is 26.5. The van der Waals surface area contributed by atoms with Gasteiger partial charge >= 0.3 is 0 Å². The minimum atomic E-state index is -0.153. The van der Waals surface area contributed by atoms with E-state index in [1.54, 1.807) is 7.11 Å². The van der Waals surface area contributed by atoms with Gasteiger partial charge in [-0.1, -0.05) is 24.3 Å². The lowest BCUT2D eigenvalue weighted by molar-refractivity contribution is -0.114. The number of anilines is 1. The fourth-order valence-corrected chi connectivity index (χ4v) is 2.86. The van der Waals surface area contributed by atoms with Crippen molar-refractivity contribution in [1.82, 2.24) is 10.6 Å². The van der Waals surface area contributed by atoms with Crippen LogP contribution >= 0.6 is 24.0 Å². The van der Waals surface area contributed by atoms with Crippen LogP contribution in [0.4, 0.5) is 5.69 Å². The Hall–Kier alpha value is -2.49. The average molecular weight is 540 g/mol. The number of hydrogen-bond acceptors (Lipinski definition) is 4. The Kier molecular flexibility index (Phi) is 13.1. The van der Waals surface area contributed by atoms with Gasteiger partial charge in [-0.15, -0.1) is 24.0 Å². The van der Waals surface area contributed by atoms with E-state index in [1.807, 2.05) is 56.3 Å². The van der Waals surface area contributed by atoms with Gasteiger partial charge in [0.1, 0.15) is 6.54 Å². The zero-order chi connectivity index (χ0) is 21.6. The van der Waals surface area contributed by atoms with Crippen LogP contribution in [0.1, 0.15) is 25.8 Å². The summed E-state index contributed by atoms with van der Waals surface area (Å²) in [7, 11) is 1.64. The van der Waals surface area contributed by atoms with Crippen molar-refractivity contribution in [2.75, 3.05) is 38.7 Å². The lowest BCUT2D eigenvalue weighted by Gasteiger charge is -2.13. The SMILES string of the molecule is CCNC(=NCC(=O)Nc1ccccc1)NCCCc1ccc(OC)c(OCC)c1.I. The molecule has 2 rings (SSSR count). The smallest absolute Gasteiger partial charge is 0.246 e. The van der Waals surface area contributed by atoms with E-state index < -0.39 is 0 Å². The molecule has 0 bridgehead atoms. The van der Waals surface area contributed by atoms with Crippen LogP contribution in [0.2, 0.25) is 0 Å². The van der Waals surface area contributed by atoms with Crippen LogP contribution in [0.25, 0.3) is 0 Å². The number of methoxy groups -OCH3 is 1. The molecule has 0 atom stereocenters. The van der Waals surface area contributed by atoms with Gasteiger partial charge in [-0.05, 0) is 56.5 Å². The molecule has 0 saturated heterocycles. The van der Waals surface area contributed by atoms with E-state index in [1.165, 1.54) is 5.56 Å². The topological polar surface area (TPSA) is 84.0 Å². The van der Waals surface area contributed by atoms with Crippen molar-refractivity contribution in [2.45, 2.75) is 26.7 Å². The van der Waals surface area contributed by atoms with Crippen LogP contribution in [-0.2, 0) is 11.2 Å². The number of aryl methyl sites for hydroxylation is 1. The number of nitrogens with one attached hydrogen (secondary N) is 3. The van der Waals surface area contributed by atoms with Gasteiger partial charge in [0.15, 0.2) is 17.5 Å². The van der Waals surface area contributed by atoms with Crippen molar-refractivity contribution >= 4 is 41.5 Å². The number of ether oxygens (including phenoxy) is 2. The number of amides is 1. The molecular weight excluding hydrogens is 507 g/mol. The molecule has 0 aliphatic rings. The monoisotopic (exact) mass is 540 g/mol. The Labute approximate surface area is 202 Å². The maximum absolute atomic E-state index is 12.1. The summed E-state index contributed by atoms with van der Waals surface area (Å²) in [5, 5.41) is 9.27. The number of guanidine groups is 1. The highest BCUT2D eigenvalue weighted by Gasteiger charge is 2.06. The molecule has 7 nitrogen and oxygen atoms in total. The first-order valence-electron chi connectivity index (χ1n) is 10.3. The van der Waals surface area contributed by atoms with Gasteiger partial charge in [0.2, 0.25) is 5.91 Å². The molecule has 0 aromatic heterocycles. The van der Waals surface area contributed by atoms with Crippen LogP contribution < -0.4 is 25.4 Å². The molecule has 0 aliphatic carbocycles. The Morgan fingerprint density at radius 3 is 2.48 bits per heavy atom. The summed E-state index contributed by atoms with van der Waals surface area (Å²) < 4.78 is 11.0. The van der Waals surface area contributed by atoms with E-state index in [4.69, 9.17) is 9.47 Å². The third kappa shape index (κ3) is 9.91. The molecule has 170 valence electrons. The summed E-state index contributed by atoms with van der Waals surface area (Å²) in [5.74, 6) is 1.99. The summed E-state index contributed by atoms with van der Waals surface area (Å²) in [6, 6.07) is 15.4. The first-order chi connectivity index (χ1) is 14.7. The van der Waals surface area contributed by atoms with E-state index in [-0.39, 0.29) is 36.4 Å². The van der Waals surface area contributed by atoms with Crippen molar-refractivity contribution in [3.8, 4) is 11.5 Å². The molecule has 1 amide bonds. The Morgan fingerprint density at radius 2 is 1.81 bits per heavy atom. The number of carbonyl (C=O) groups is 1. The molecule has 0 fully saturated rings. The van der Waals surface area contributed by atoms with Crippen LogP contribution in [0.5, 0.6) is 11.5 Å². The minimum Gasteiger partial charge on any atom is -0.493 e. The zero-order valence-electron chi connectivity index (χ0n) is 18.4. The standard InChI is InChI=1S/C23H32N4O3.HI/c1-4-24-23(26-17-22(28)27-19-11-7-6-8-12-19)25-15-9-10-18-13-14-20(29-3)21(16-18)30-5-2;/h6-8,11-14,16H,4-5,9-10,15,17H2,1-3H3,(H,27,28)(H2,24,25,26);1H. The number of carbonyl (C=O) groups excluding carboxylic acids is 1. The molecule has 0 heterocycles. The minimum absolute atomic E-state index is 0. The summed E-state index contributed by atoms with van der Waals surface area (Å²) in [5.41, 5.74) is 1.95. The van der Waals surface area contributed by atoms with E-state index in [9.17, 15) is 4.79 Å². The van der Waals surface area contributed by atoms with Crippen LogP contribution in [0.15, 0.2) is 53.5 Å². The molecule has 0 aliphatic heterocycles. The summed E-state index contributed by atoms with van der Waals surface area (Å²) in [4.78, 5) is 16.4. The largest absolute Gasteiger partial charge is 0.493 e. The predicted octanol–water partition coefficient (Wildman–Crippen LogP) is 3.84. The average Bonchev–Trinajstić information content (AvgIpc) is 2.76. The van der Waals surface area contributed by atoms with Gasteiger partial charge in [0.05, 0.1) is 13.7 Å². The van der Waals surface area contributed by atoms with E-state index >= 15 is 0 Å². The van der Waals surface area contributed by atoms with Crippen molar-refractivity contribution in [3.63, 3.8) is 0 Å².